The molecule has 0 spiro atoms. The highest BCUT2D eigenvalue weighted by atomic mass is 32.2. The van der Waals surface area contributed by atoms with Crippen molar-refractivity contribution in [1.29, 1.82) is 0 Å². The topological polar surface area (TPSA) is 122 Å². The third-order valence-corrected chi connectivity index (χ3v) is 5.62. The molecule has 0 aromatic carbocycles. The number of carbonyl (C=O) groups excluding carboxylic acids is 3. The highest BCUT2D eigenvalue weighted by Crippen LogP contribution is 2.24. The van der Waals surface area contributed by atoms with Crippen LogP contribution in [0.2, 0.25) is 0 Å². The molecule has 0 unspecified atom stereocenters. The molecule has 2 rings (SSSR count). The molecule has 1 aromatic heterocycles. The fraction of sp³-hybridized carbons (Fsp3) is 0.375. The van der Waals surface area contributed by atoms with Crippen molar-refractivity contribution in [3.8, 4) is 0 Å². The van der Waals surface area contributed by atoms with Gasteiger partial charge in [-0.3, -0.25) is 9.59 Å². The third kappa shape index (κ3) is 5.60. The minimum atomic E-state index is -1.22. The first-order chi connectivity index (χ1) is 12.4. The number of amides is 1. The second-order valence-corrected chi connectivity index (χ2v) is 7.59. The summed E-state index contributed by atoms with van der Waals surface area (Å²) in [5.41, 5.74) is 0.290. The average molecular weight is 398 g/mol. The van der Waals surface area contributed by atoms with Gasteiger partial charge in [-0.15, -0.1) is 23.1 Å². The molecular formula is C16H18N2O6S2. The van der Waals surface area contributed by atoms with E-state index in [1.807, 2.05) is 17.5 Å². The maximum absolute atomic E-state index is 12.1. The second-order valence-electron chi connectivity index (χ2n) is 5.43. The van der Waals surface area contributed by atoms with E-state index in [0.717, 1.165) is 4.88 Å². The lowest BCUT2D eigenvalue weighted by atomic mass is 10.2. The van der Waals surface area contributed by atoms with Gasteiger partial charge in [0.2, 0.25) is 5.91 Å². The molecule has 1 aliphatic heterocycles. The van der Waals surface area contributed by atoms with Crippen molar-refractivity contribution in [2.75, 3.05) is 12.4 Å². The number of nitrogens with one attached hydrogen (secondary N) is 2. The molecule has 0 aliphatic carbocycles. The van der Waals surface area contributed by atoms with Gasteiger partial charge in [0.1, 0.15) is 30.0 Å². The Morgan fingerprint density at radius 1 is 1.50 bits per heavy atom. The van der Waals surface area contributed by atoms with Gasteiger partial charge in [-0.1, -0.05) is 6.07 Å². The normalized spacial score (nSPS) is 17.8. The summed E-state index contributed by atoms with van der Waals surface area (Å²) in [7, 11) is 0. The second kappa shape index (κ2) is 9.39. The van der Waals surface area contributed by atoms with E-state index in [1.165, 1.54) is 30.0 Å². The summed E-state index contributed by atoms with van der Waals surface area (Å²) < 4.78 is 4.86. The minimum absolute atomic E-state index is 0.116. The van der Waals surface area contributed by atoms with E-state index in [2.05, 4.69) is 10.6 Å². The first-order valence-electron chi connectivity index (χ1n) is 7.64. The molecule has 0 saturated carbocycles. The summed E-state index contributed by atoms with van der Waals surface area (Å²) in [5.74, 6) is -1.79. The number of carboxylic acids is 1. The Morgan fingerprint density at radius 3 is 2.85 bits per heavy atom. The zero-order valence-electron chi connectivity index (χ0n) is 13.9. The van der Waals surface area contributed by atoms with Crippen molar-refractivity contribution in [3.63, 3.8) is 0 Å². The summed E-state index contributed by atoms with van der Waals surface area (Å²) in [4.78, 5) is 46.8. The summed E-state index contributed by atoms with van der Waals surface area (Å²) in [5, 5.41) is 15.9. The van der Waals surface area contributed by atoms with Gasteiger partial charge >= 0.3 is 11.9 Å². The zero-order chi connectivity index (χ0) is 19.1. The van der Waals surface area contributed by atoms with Crippen molar-refractivity contribution >= 4 is 47.2 Å². The number of rotatable bonds is 8. The molecule has 0 fully saturated rings. The molecule has 8 nitrogen and oxygen atoms in total. The highest BCUT2D eigenvalue weighted by molar-refractivity contribution is 8.00. The number of thiophene rings is 1. The molecule has 3 N–H and O–H groups in total. The lowest BCUT2D eigenvalue weighted by Gasteiger charge is -2.30. The summed E-state index contributed by atoms with van der Waals surface area (Å²) in [6.07, 6.45) is 0.728. The van der Waals surface area contributed by atoms with E-state index in [4.69, 9.17) is 4.74 Å². The molecule has 1 aliphatic rings. The summed E-state index contributed by atoms with van der Waals surface area (Å²) in [6, 6.07) is 2.76. The smallest absolute Gasteiger partial charge is 0.352 e. The van der Waals surface area contributed by atoms with Crippen molar-refractivity contribution in [2.45, 2.75) is 24.8 Å². The predicted octanol–water partition coefficient (Wildman–Crippen LogP) is 0.539. The van der Waals surface area contributed by atoms with Gasteiger partial charge in [-0.25, -0.2) is 4.79 Å². The van der Waals surface area contributed by atoms with Crippen LogP contribution in [0, 0.1) is 0 Å². The molecule has 0 bridgehead atoms. The van der Waals surface area contributed by atoms with E-state index >= 15 is 0 Å². The average Bonchev–Trinajstić information content (AvgIpc) is 3.10. The molecule has 26 heavy (non-hydrogen) atoms. The van der Waals surface area contributed by atoms with Gasteiger partial charge in [-0.2, -0.15) is 0 Å². The molecule has 0 saturated heterocycles. The van der Waals surface area contributed by atoms with Crippen LogP contribution in [0.1, 0.15) is 11.8 Å². The lowest BCUT2D eigenvalue weighted by Crippen LogP contribution is -2.52. The Hall–Kier alpha value is -2.33. The molecule has 1 amide bonds. The Kier molecular flexibility index (Phi) is 7.22. The number of thioether (sulfide) groups is 1. The maximum atomic E-state index is 12.1. The van der Waals surface area contributed by atoms with Crippen LogP contribution in [0.25, 0.3) is 0 Å². The van der Waals surface area contributed by atoms with Crippen LogP contribution in [0.4, 0.5) is 0 Å². The van der Waals surface area contributed by atoms with E-state index < -0.39 is 23.4 Å². The summed E-state index contributed by atoms with van der Waals surface area (Å²) in [6.45, 7) is 1.10. The number of aldehydes is 1. The van der Waals surface area contributed by atoms with Crippen molar-refractivity contribution in [3.05, 3.63) is 33.7 Å². The minimum Gasteiger partial charge on any atom is -0.477 e. The zero-order valence-corrected chi connectivity index (χ0v) is 15.5. The number of hydrogen-bond acceptors (Lipinski definition) is 8. The molecule has 1 aromatic rings. The van der Waals surface area contributed by atoms with Crippen LogP contribution < -0.4 is 10.6 Å². The van der Waals surface area contributed by atoms with Crippen LogP contribution in [0.5, 0.6) is 0 Å². The Morgan fingerprint density at radius 2 is 2.27 bits per heavy atom. The van der Waals surface area contributed by atoms with E-state index in [-0.39, 0.29) is 30.4 Å². The van der Waals surface area contributed by atoms with E-state index in [1.54, 1.807) is 0 Å². The number of carbonyl (C=O) groups is 4. The molecule has 10 heteroatoms. The van der Waals surface area contributed by atoms with Crippen LogP contribution in [-0.2, 0) is 30.3 Å². The SMILES string of the molecule is CC(=O)OCC1=C(C(=O)O)N[C@@H]([C@@H](C=O)NC(=O)Cc2cccs2)SC1. The number of hydrogen-bond donors (Lipinski definition) is 3. The van der Waals surface area contributed by atoms with E-state index in [9.17, 15) is 24.3 Å². The highest BCUT2D eigenvalue weighted by Gasteiger charge is 2.31. The molecule has 140 valence electrons. The van der Waals surface area contributed by atoms with Gasteiger partial charge in [-0.05, 0) is 11.4 Å². The molecular weight excluding hydrogens is 380 g/mol. The van der Waals surface area contributed by atoms with Crippen LogP contribution in [-0.4, -0.2) is 53.0 Å². The standard InChI is InChI=1S/C16H18N2O6S2/c1-9(20)24-7-10-8-26-15(18-14(10)16(22)23)12(6-19)17-13(21)5-11-3-2-4-25-11/h2-4,6,12,15,18H,5,7-8H2,1H3,(H,17,21)(H,22,23)/t12-,15-/m1/s1. The van der Waals surface area contributed by atoms with Gasteiger partial charge in [0, 0.05) is 23.1 Å². The van der Waals surface area contributed by atoms with Crippen molar-refractivity contribution in [2.24, 2.45) is 0 Å². The van der Waals surface area contributed by atoms with Gasteiger partial charge in [0.05, 0.1) is 6.42 Å². The fourth-order valence-electron chi connectivity index (χ4n) is 2.25. The van der Waals surface area contributed by atoms with E-state index in [0.29, 0.717) is 11.9 Å². The van der Waals surface area contributed by atoms with Gasteiger partial charge in [0.15, 0.2) is 0 Å². The molecule has 0 radical (unpaired) electrons. The quantitative estimate of drug-likeness (QED) is 0.428. The van der Waals surface area contributed by atoms with Gasteiger partial charge < -0.3 is 25.3 Å². The van der Waals surface area contributed by atoms with Crippen LogP contribution in [0.3, 0.4) is 0 Å². The summed E-state index contributed by atoms with van der Waals surface area (Å²) >= 11 is 2.70. The van der Waals surface area contributed by atoms with Gasteiger partial charge in [0.25, 0.3) is 0 Å². The van der Waals surface area contributed by atoms with Crippen molar-refractivity contribution in [1.82, 2.24) is 10.6 Å². The Labute approximate surface area is 158 Å². The maximum Gasteiger partial charge on any atom is 0.352 e. The predicted molar refractivity (Wildman–Crippen MR) is 96.7 cm³/mol. The lowest BCUT2D eigenvalue weighted by molar-refractivity contribution is -0.140. The van der Waals surface area contributed by atoms with Crippen LogP contribution >= 0.6 is 23.1 Å². The van der Waals surface area contributed by atoms with Crippen LogP contribution in [0.15, 0.2) is 28.8 Å². The monoisotopic (exact) mass is 398 g/mol. The third-order valence-electron chi connectivity index (χ3n) is 3.46. The number of aliphatic carboxylic acids is 1. The Bertz CT molecular complexity index is 716. The number of carboxylic acid groups (broad SMARTS) is 1. The largest absolute Gasteiger partial charge is 0.477 e. The number of esters is 1. The fourth-order valence-corrected chi connectivity index (χ4v) is 4.10. The number of ether oxygens (including phenoxy) is 1. The molecule has 2 atom stereocenters. The molecule has 2 heterocycles. The van der Waals surface area contributed by atoms with Crippen molar-refractivity contribution < 1.29 is 29.0 Å². The first-order valence-corrected chi connectivity index (χ1v) is 9.57. The Balaban J connectivity index is 2.02. The first kappa shape index (κ1) is 20.0.